The van der Waals surface area contributed by atoms with Crippen LogP contribution in [-0.2, 0) is 32.2 Å². The summed E-state index contributed by atoms with van der Waals surface area (Å²) in [5.74, 6) is -1.25. The fourth-order valence-corrected chi connectivity index (χ4v) is 5.43. The van der Waals surface area contributed by atoms with Crippen LogP contribution in [0.4, 0.5) is 0 Å². The molecule has 1 aromatic rings. The molecule has 4 N–H and O–H groups in total. The van der Waals surface area contributed by atoms with Crippen molar-refractivity contribution in [3.8, 4) is 0 Å². The molecule has 0 amide bonds. The van der Waals surface area contributed by atoms with Crippen LogP contribution >= 0.6 is 15.4 Å². The molecule has 1 aliphatic rings. The molecule has 0 spiro atoms. The van der Waals surface area contributed by atoms with Gasteiger partial charge in [0.05, 0.1) is 31.0 Å². The molecule has 7 unspecified atom stereocenters. The molecule has 7 atom stereocenters. The molecule has 16 heteroatoms. The minimum absolute atomic E-state index is 0.00668. The van der Waals surface area contributed by atoms with Crippen molar-refractivity contribution < 1.29 is 47.1 Å². The molecular formula is C20H36N2O12P2. The molecule has 0 saturated carbocycles. The minimum Gasteiger partial charge on any atom is -0.390 e. The molecule has 2 rings (SSSR count). The summed E-state index contributed by atoms with van der Waals surface area (Å²) in [6, 6.07) is 0. The molecule has 14 nitrogen and oxygen atoms in total. The number of rotatable bonds is 12. The van der Waals surface area contributed by atoms with Gasteiger partial charge in [-0.3, -0.25) is 28.0 Å². The normalized spacial score (nSPS) is 25.8. The Bertz CT molecular complexity index is 1100. The average molecular weight is 558 g/mol. The highest BCUT2D eigenvalue weighted by Gasteiger charge is 2.39. The van der Waals surface area contributed by atoms with Crippen LogP contribution in [0.15, 0.2) is 15.8 Å². The van der Waals surface area contributed by atoms with Crippen molar-refractivity contribution in [2.24, 2.45) is 0 Å². The van der Waals surface area contributed by atoms with Crippen LogP contribution in [-0.4, -0.2) is 67.4 Å². The highest BCUT2D eigenvalue weighted by molar-refractivity contribution is 7.53. The predicted octanol–water partition coefficient (Wildman–Crippen LogP) is 1.77. The van der Waals surface area contributed by atoms with Crippen LogP contribution in [0, 0.1) is 6.92 Å². The maximum absolute atomic E-state index is 12.6. The summed E-state index contributed by atoms with van der Waals surface area (Å²) in [5.41, 5.74) is -1.85. The molecule has 36 heavy (non-hydrogen) atoms. The van der Waals surface area contributed by atoms with Gasteiger partial charge >= 0.3 is 21.1 Å². The summed E-state index contributed by atoms with van der Waals surface area (Å²) in [7, 11) is -8.60. The van der Waals surface area contributed by atoms with E-state index in [0.29, 0.717) is 0 Å². The predicted molar refractivity (Wildman–Crippen MR) is 128 cm³/mol. The Morgan fingerprint density at radius 3 is 2.50 bits per heavy atom. The van der Waals surface area contributed by atoms with E-state index in [9.17, 15) is 33.6 Å². The molecule has 2 heterocycles. The third-order valence-electron chi connectivity index (χ3n) is 5.13. The largest absolute Gasteiger partial charge is 0.472 e. The lowest BCUT2D eigenvalue weighted by Crippen LogP contribution is -2.33. The monoisotopic (exact) mass is 558 g/mol. The van der Waals surface area contributed by atoms with Crippen LogP contribution in [0.1, 0.15) is 59.3 Å². The van der Waals surface area contributed by atoms with E-state index in [0.717, 1.165) is 4.57 Å². The first kappa shape index (κ1) is 31.0. The van der Waals surface area contributed by atoms with Crippen LogP contribution < -0.4 is 11.2 Å². The Hall–Kier alpha value is -1.18. The zero-order valence-corrected chi connectivity index (χ0v) is 22.9. The van der Waals surface area contributed by atoms with Gasteiger partial charge in [0.1, 0.15) is 12.3 Å². The summed E-state index contributed by atoms with van der Waals surface area (Å²) < 4.78 is 51.8. The number of aliphatic hydroxyl groups is 1. The number of aromatic nitrogens is 2. The Balaban J connectivity index is 1.83. The van der Waals surface area contributed by atoms with Crippen LogP contribution in [0.2, 0.25) is 0 Å². The van der Waals surface area contributed by atoms with Crippen molar-refractivity contribution in [3.63, 3.8) is 0 Å². The number of ether oxygens (including phenoxy) is 2. The van der Waals surface area contributed by atoms with Gasteiger partial charge in [-0.25, -0.2) is 9.36 Å². The zero-order valence-electron chi connectivity index (χ0n) is 21.2. The SMILES string of the molecule is Cc1cn(C2CC(O)C(COP(=O)(O)C(C)OCCC(C)OP(=O)(O)OC(C)(C)C)O2)c(=O)[nH]c1=O. The molecule has 0 radical (unpaired) electrons. The molecule has 1 saturated heterocycles. The molecule has 0 aliphatic carbocycles. The Labute approximate surface area is 208 Å². The van der Waals surface area contributed by atoms with E-state index in [4.69, 9.17) is 23.0 Å². The third kappa shape index (κ3) is 9.29. The lowest BCUT2D eigenvalue weighted by Gasteiger charge is -2.25. The van der Waals surface area contributed by atoms with Crippen molar-refractivity contribution in [2.75, 3.05) is 13.2 Å². The average Bonchev–Trinajstić information content (AvgIpc) is 3.07. The number of aliphatic hydroxyl groups excluding tert-OH is 1. The highest BCUT2D eigenvalue weighted by atomic mass is 31.2. The number of hydrogen-bond donors (Lipinski definition) is 4. The topological polar surface area (TPSA) is 196 Å². The van der Waals surface area contributed by atoms with E-state index >= 15 is 0 Å². The highest BCUT2D eigenvalue weighted by Crippen LogP contribution is 2.50. The number of H-pyrrole nitrogens is 1. The lowest BCUT2D eigenvalue weighted by atomic mass is 10.2. The van der Waals surface area contributed by atoms with Gasteiger partial charge in [0.2, 0.25) is 0 Å². The third-order valence-corrected chi connectivity index (χ3v) is 8.12. The van der Waals surface area contributed by atoms with Gasteiger partial charge in [-0.2, -0.15) is 0 Å². The lowest BCUT2D eigenvalue weighted by molar-refractivity contribution is -0.0449. The van der Waals surface area contributed by atoms with E-state index in [1.54, 1.807) is 20.8 Å². The number of nitrogens with zero attached hydrogens (tertiary/aromatic N) is 1. The second-order valence-electron chi connectivity index (χ2n) is 9.62. The van der Waals surface area contributed by atoms with Gasteiger partial charge in [0, 0.05) is 18.2 Å². The van der Waals surface area contributed by atoms with E-state index in [2.05, 4.69) is 4.98 Å². The van der Waals surface area contributed by atoms with E-state index in [1.165, 1.54) is 27.0 Å². The van der Waals surface area contributed by atoms with Crippen molar-refractivity contribution in [3.05, 3.63) is 32.6 Å². The van der Waals surface area contributed by atoms with Gasteiger partial charge in [-0.05, 0) is 48.0 Å². The number of hydrogen-bond acceptors (Lipinski definition) is 10. The number of aryl methyl sites for hydroxylation is 1. The van der Waals surface area contributed by atoms with Crippen LogP contribution in [0.5, 0.6) is 0 Å². The van der Waals surface area contributed by atoms with E-state index in [1.807, 2.05) is 0 Å². The molecule has 0 bridgehead atoms. The number of aromatic amines is 1. The second-order valence-corrected chi connectivity index (χ2v) is 13.1. The Kier molecular flexibility index (Phi) is 10.5. The zero-order chi connectivity index (χ0) is 27.5. The van der Waals surface area contributed by atoms with Gasteiger partial charge in [-0.15, -0.1) is 0 Å². The minimum atomic E-state index is -4.31. The quantitative estimate of drug-likeness (QED) is 0.272. The van der Waals surface area contributed by atoms with Crippen molar-refractivity contribution in [2.45, 2.75) is 90.4 Å². The number of nitrogens with one attached hydrogen (secondary N) is 1. The van der Waals surface area contributed by atoms with Gasteiger partial charge in [-0.1, -0.05) is 0 Å². The maximum atomic E-state index is 12.6. The summed E-state index contributed by atoms with van der Waals surface area (Å²) in [6.07, 6.45) is -2.29. The first-order chi connectivity index (χ1) is 16.4. The first-order valence-electron chi connectivity index (χ1n) is 11.4. The first-order valence-corrected chi connectivity index (χ1v) is 14.5. The number of phosphoric acid groups is 1. The van der Waals surface area contributed by atoms with Crippen LogP contribution in [0.25, 0.3) is 0 Å². The Morgan fingerprint density at radius 2 is 1.89 bits per heavy atom. The molecule has 0 aromatic carbocycles. The summed E-state index contributed by atoms with van der Waals surface area (Å²) in [5, 5.41) is 10.3. The second kappa shape index (κ2) is 12.1. The molecule has 1 aliphatic heterocycles. The van der Waals surface area contributed by atoms with Gasteiger partial charge < -0.3 is 28.9 Å². The van der Waals surface area contributed by atoms with Crippen LogP contribution in [0.3, 0.4) is 0 Å². The fourth-order valence-electron chi connectivity index (χ4n) is 3.27. The molecule has 1 aromatic heterocycles. The van der Waals surface area contributed by atoms with E-state index in [-0.39, 0.29) is 25.0 Å². The Morgan fingerprint density at radius 1 is 1.25 bits per heavy atom. The maximum Gasteiger partial charge on any atom is 0.472 e. The van der Waals surface area contributed by atoms with Gasteiger partial charge in [0.15, 0.2) is 5.85 Å². The van der Waals surface area contributed by atoms with Crippen molar-refractivity contribution >= 4 is 15.4 Å². The van der Waals surface area contributed by atoms with Crippen molar-refractivity contribution in [1.29, 1.82) is 0 Å². The molecule has 1 fully saturated rings. The summed E-state index contributed by atoms with van der Waals surface area (Å²) in [6.45, 7) is 8.65. The smallest absolute Gasteiger partial charge is 0.390 e. The number of phosphoric ester groups is 1. The fraction of sp³-hybridized carbons (Fsp3) is 0.800. The molecular weight excluding hydrogens is 522 g/mol. The molecule has 208 valence electrons. The standard InChI is InChI=1S/C20H36N2O12P2/c1-12-10-22(19(25)21-18(12)24)17-9-15(23)16(32-17)11-31-35(26,27)14(3)30-8-7-13(2)33-36(28,29)34-20(4,5)6/h10,13-17,23H,7-9,11H2,1-6H3,(H,26,27)(H,28,29)(H,21,24,25). The van der Waals surface area contributed by atoms with Crippen molar-refractivity contribution in [1.82, 2.24) is 9.55 Å². The van der Waals surface area contributed by atoms with E-state index < -0.39 is 69.3 Å². The summed E-state index contributed by atoms with van der Waals surface area (Å²) >= 11 is 0. The van der Waals surface area contributed by atoms with Gasteiger partial charge in [0.25, 0.3) is 5.56 Å². The summed E-state index contributed by atoms with van der Waals surface area (Å²) in [4.78, 5) is 45.8.